The molecule has 3 rings (SSSR count). The van der Waals surface area contributed by atoms with E-state index >= 15 is 0 Å². The molecule has 0 spiro atoms. The molecule has 150 valence electrons. The Balaban J connectivity index is 1.43. The summed E-state index contributed by atoms with van der Waals surface area (Å²) in [5.41, 5.74) is 0.701. The molecular weight excluding hydrogens is 348 g/mol. The summed E-state index contributed by atoms with van der Waals surface area (Å²) in [5, 5.41) is 2.95. The van der Waals surface area contributed by atoms with E-state index < -0.39 is 0 Å². The van der Waals surface area contributed by atoms with Gasteiger partial charge in [-0.25, -0.2) is 4.79 Å². The topological polar surface area (TPSA) is 66.5 Å². The van der Waals surface area contributed by atoms with E-state index in [1.54, 1.807) is 26.4 Å². The van der Waals surface area contributed by atoms with Crippen molar-refractivity contribution in [2.45, 2.75) is 0 Å². The van der Waals surface area contributed by atoms with Crippen LogP contribution < -0.4 is 14.8 Å². The fraction of sp³-hybridized carbons (Fsp3) is 0.632. The highest BCUT2D eigenvalue weighted by atomic mass is 16.5. The number of rotatable bonds is 6. The summed E-state index contributed by atoms with van der Waals surface area (Å²) in [6.45, 7) is 9.12. The van der Waals surface area contributed by atoms with Gasteiger partial charge >= 0.3 is 6.03 Å². The number of anilines is 1. The third-order valence-electron chi connectivity index (χ3n) is 5.13. The van der Waals surface area contributed by atoms with Crippen molar-refractivity contribution in [3.8, 4) is 11.5 Å². The largest absolute Gasteiger partial charge is 0.493 e. The Kier molecular flexibility index (Phi) is 7.14. The second kappa shape index (κ2) is 9.77. The summed E-state index contributed by atoms with van der Waals surface area (Å²) in [4.78, 5) is 19.3. The third-order valence-corrected chi connectivity index (χ3v) is 5.13. The zero-order valence-electron chi connectivity index (χ0n) is 16.3. The molecule has 2 aliphatic heterocycles. The van der Waals surface area contributed by atoms with Gasteiger partial charge in [-0.15, -0.1) is 0 Å². The van der Waals surface area contributed by atoms with Gasteiger partial charge in [-0.2, -0.15) is 0 Å². The first-order valence-corrected chi connectivity index (χ1v) is 9.50. The van der Waals surface area contributed by atoms with E-state index in [0.717, 1.165) is 65.6 Å². The van der Waals surface area contributed by atoms with Crippen molar-refractivity contribution >= 4 is 11.7 Å². The zero-order valence-corrected chi connectivity index (χ0v) is 16.3. The molecule has 27 heavy (non-hydrogen) atoms. The average Bonchev–Trinajstić information content (AvgIpc) is 2.73. The second-order valence-electron chi connectivity index (χ2n) is 6.78. The monoisotopic (exact) mass is 378 g/mol. The molecule has 0 atom stereocenters. The summed E-state index contributed by atoms with van der Waals surface area (Å²) in [7, 11) is 3.17. The first-order chi connectivity index (χ1) is 13.2. The Morgan fingerprint density at radius 1 is 0.963 bits per heavy atom. The molecule has 2 heterocycles. The number of nitrogens with one attached hydrogen (secondary N) is 1. The maximum atomic E-state index is 12.5. The van der Waals surface area contributed by atoms with Gasteiger partial charge in [0.15, 0.2) is 11.5 Å². The second-order valence-corrected chi connectivity index (χ2v) is 6.78. The van der Waals surface area contributed by atoms with Crippen LogP contribution in [-0.2, 0) is 4.74 Å². The van der Waals surface area contributed by atoms with Crippen molar-refractivity contribution in [1.82, 2.24) is 14.7 Å². The van der Waals surface area contributed by atoms with Crippen molar-refractivity contribution in [1.29, 1.82) is 0 Å². The number of hydrogen-bond donors (Lipinski definition) is 1. The van der Waals surface area contributed by atoms with Crippen molar-refractivity contribution < 1.29 is 19.0 Å². The standard InChI is InChI=1S/C19H30N4O4/c1-25-17-4-3-16(15-18(17)26-2)20-19(24)23-9-7-21(8-10-23)5-6-22-11-13-27-14-12-22/h3-4,15H,5-14H2,1-2H3,(H,20,24). The van der Waals surface area contributed by atoms with Gasteiger partial charge in [0.1, 0.15) is 0 Å². The van der Waals surface area contributed by atoms with Gasteiger partial charge in [-0.3, -0.25) is 9.80 Å². The Morgan fingerprint density at radius 3 is 2.22 bits per heavy atom. The number of nitrogens with zero attached hydrogens (tertiary/aromatic N) is 3. The Hall–Kier alpha value is -2.03. The number of ether oxygens (including phenoxy) is 3. The lowest BCUT2D eigenvalue weighted by molar-refractivity contribution is 0.0311. The molecule has 2 amide bonds. The number of piperazine rings is 1. The van der Waals surface area contributed by atoms with Crippen LogP contribution in [0.3, 0.4) is 0 Å². The van der Waals surface area contributed by atoms with Gasteiger partial charge in [-0.05, 0) is 12.1 Å². The Labute approximate surface area is 160 Å². The maximum Gasteiger partial charge on any atom is 0.321 e. The van der Waals surface area contributed by atoms with Crippen LogP contribution in [0.1, 0.15) is 0 Å². The van der Waals surface area contributed by atoms with Crippen molar-refractivity contribution in [3.63, 3.8) is 0 Å². The summed E-state index contributed by atoms with van der Waals surface area (Å²) in [6, 6.07) is 5.31. The molecule has 2 fully saturated rings. The molecule has 0 aromatic heterocycles. The lowest BCUT2D eigenvalue weighted by Crippen LogP contribution is -2.51. The number of carbonyl (C=O) groups excluding carboxylic acids is 1. The summed E-state index contributed by atoms with van der Waals surface area (Å²) in [5.74, 6) is 1.24. The normalized spacial score (nSPS) is 19.0. The first-order valence-electron chi connectivity index (χ1n) is 9.50. The van der Waals surface area contributed by atoms with Crippen LogP contribution in [0.15, 0.2) is 18.2 Å². The number of hydrogen-bond acceptors (Lipinski definition) is 6. The van der Waals surface area contributed by atoms with Crippen LogP contribution >= 0.6 is 0 Å². The van der Waals surface area contributed by atoms with E-state index in [2.05, 4.69) is 15.1 Å². The summed E-state index contributed by atoms with van der Waals surface area (Å²) in [6.07, 6.45) is 0. The lowest BCUT2D eigenvalue weighted by atomic mass is 10.2. The van der Waals surface area contributed by atoms with Crippen LogP contribution in [0, 0.1) is 0 Å². The van der Waals surface area contributed by atoms with Crippen LogP contribution in [0.2, 0.25) is 0 Å². The van der Waals surface area contributed by atoms with Crippen LogP contribution in [-0.4, -0.2) is 101 Å². The molecule has 0 unspecified atom stereocenters. The van der Waals surface area contributed by atoms with Crippen LogP contribution in [0.25, 0.3) is 0 Å². The smallest absolute Gasteiger partial charge is 0.321 e. The number of morpholine rings is 1. The Morgan fingerprint density at radius 2 is 1.59 bits per heavy atom. The minimum atomic E-state index is -0.0740. The Bertz CT molecular complexity index is 614. The average molecular weight is 378 g/mol. The number of carbonyl (C=O) groups is 1. The number of benzene rings is 1. The summed E-state index contributed by atoms with van der Waals surface area (Å²) < 4.78 is 15.9. The van der Waals surface area contributed by atoms with Crippen molar-refractivity contribution in [3.05, 3.63) is 18.2 Å². The minimum Gasteiger partial charge on any atom is -0.493 e. The molecule has 2 aliphatic rings. The molecule has 0 aliphatic carbocycles. The highest BCUT2D eigenvalue weighted by Gasteiger charge is 2.22. The fourth-order valence-electron chi connectivity index (χ4n) is 3.40. The zero-order chi connectivity index (χ0) is 19.1. The fourth-order valence-corrected chi connectivity index (χ4v) is 3.40. The molecule has 2 saturated heterocycles. The first kappa shape index (κ1) is 19.7. The molecule has 0 radical (unpaired) electrons. The highest BCUT2D eigenvalue weighted by Crippen LogP contribution is 2.29. The van der Waals surface area contributed by atoms with E-state index in [1.165, 1.54) is 0 Å². The molecule has 1 aromatic rings. The van der Waals surface area contributed by atoms with Gasteiger partial charge in [0.25, 0.3) is 0 Å². The van der Waals surface area contributed by atoms with Gasteiger partial charge in [0.2, 0.25) is 0 Å². The molecular formula is C19H30N4O4. The molecule has 8 heteroatoms. The number of urea groups is 1. The van der Waals surface area contributed by atoms with Crippen molar-refractivity contribution in [2.24, 2.45) is 0 Å². The maximum absolute atomic E-state index is 12.5. The molecule has 0 bridgehead atoms. The highest BCUT2D eigenvalue weighted by molar-refractivity contribution is 5.89. The van der Waals surface area contributed by atoms with Gasteiger partial charge < -0.3 is 24.4 Å². The predicted octanol–water partition coefficient (Wildman–Crippen LogP) is 1.19. The quantitative estimate of drug-likeness (QED) is 0.802. The van der Waals surface area contributed by atoms with Crippen LogP contribution in [0.5, 0.6) is 11.5 Å². The molecule has 1 aromatic carbocycles. The van der Waals surface area contributed by atoms with Crippen molar-refractivity contribution in [2.75, 3.05) is 85.1 Å². The van der Waals surface area contributed by atoms with E-state index in [1.807, 2.05) is 11.0 Å². The van der Waals surface area contributed by atoms with Gasteiger partial charge in [0, 0.05) is 64.1 Å². The van der Waals surface area contributed by atoms with E-state index in [-0.39, 0.29) is 6.03 Å². The predicted molar refractivity (Wildman–Crippen MR) is 104 cm³/mol. The van der Waals surface area contributed by atoms with E-state index in [0.29, 0.717) is 17.2 Å². The summed E-state index contributed by atoms with van der Waals surface area (Å²) >= 11 is 0. The van der Waals surface area contributed by atoms with Gasteiger partial charge in [-0.1, -0.05) is 0 Å². The molecule has 8 nitrogen and oxygen atoms in total. The van der Waals surface area contributed by atoms with E-state index in [4.69, 9.17) is 14.2 Å². The van der Waals surface area contributed by atoms with Crippen LogP contribution in [0.4, 0.5) is 10.5 Å². The third kappa shape index (κ3) is 5.47. The minimum absolute atomic E-state index is 0.0740. The van der Waals surface area contributed by atoms with Gasteiger partial charge in [0.05, 0.1) is 27.4 Å². The molecule has 1 N–H and O–H groups in total. The number of methoxy groups -OCH3 is 2. The van der Waals surface area contributed by atoms with E-state index in [9.17, 15) is 4.79 Å². The lowest BCUT2D eigenvalue weighted by Gasteiger charge is -2.36. The SMILES string of the molecule is COc1ccc(NC(=O)N2CCN(CCN3CCOCC3)CC2)cc1OC. The molecule has 0 saturated carbocycles. The number of amides is 2.